The van der Waals surface area contributed by atoms with Gasteiger partial charge in [0.15, 0.2) is 5.69 Å². The minimum absolute atomic E-state index is 0.0299. The van der Waals surface area contributed by atoms with Gasteiger partial charge in [0.05, 0.1) is 11.5 Å². The lowest BCUT2D eigenvalue weighted by atomic mass is 10.1. The lowest BCUT2D eigenvalue weighted by Crippen LogP contribution is -2.41. The van der Waals surface area contributed by atoms with Crippen LogP contribution in [0.15, 0.2) is 64.2 Å². The topological polar surface area (TPSA) is 144 Å². The molecule has 0 bridgehead atoms. The molecule has 0 fully saturated rings. The summed E-state index contributed by atoms with van der Waals surface area (Å²) in [7, 11) is 0. The fraction of sp³-hybridized carbons (Fsp3) is 0.190. The zero-order chi connectivity index (χ0) is 22.5. The molecule has 1 aromatic heterocycles. The highest BCUT2D eigenvalue weighted by Crippen LogP contribution is 2.22. The number of nitrogen functional groups attached to an aromatic ring is 1. The Bertz CT molecular complexity index is 1230. The molecule has 1 heterocycles. The number of nitrogens with two attached hydrogens (primary N) is 1. The average Bonchev–Trinajstić information content (AvgIpc) is 2.76. The van der Waals surface area contributed by atoms with Crippen molar-refractivity contribution in [3.05, 3.63) is 96.7 Å². The molecule has 0 atom stereocenters. The van der Waals surface area contributed by atoms with Gasteiger partial charge < -0.3 is 10.6 Å². The number of amides is 1. The number of carbonyl (C=O) groups excluding carboxylic acids is 1. The van der Waals surface area contributed by atoms with E-state index in [1.807, 2.05) is 6.07 Å². The first-order valence-electron chi connectivity index (χ1n) is 9.56. The van der Waals surface area contributed by atoms with Gasteiger partial charge in [-0.1, -0.05) is 43.3 Å². The first-order chi connectivity index (χ1) is 14.8. The number of benzene rings is 2. The maximum Gasteiger partial charge on any atom is 0.330 e. The summed E-state index contributed by atoms with van der Waals surface area (Å²) in [6.45, 7) is 2.02. The number of non-ortho nitro benzene ring substituents is 1. The Labute approximate surface area is 176 Å². The zero-order valence-corrected chi connectivity index (χ0v) is 16.8. The standard InChI is InChI=1S/C21H21N5O5/c1-2-11-24(20(28)15-9-6-10-16(12-15)26(30)31)17-18(22)25(21(29)23-19(17)27)13-14-7-4-3-5-8-14/h3-10,12H,2,11,13,22H2,1H3,(H,23,27,29). The molecule has 0 aliphatic heterocycles. The Morgan fingerprint density at radius 2 is 1.87 bits per heavy atom. The second kappa shape index (κ2) is 9.08. The molecule has 31 heavy (non-hydrogen) atoms. The van der Waals surface area contributed by atoms with E-state index in [0.29, 0.717) is 6.42 Å². The summed E-state index contributed by atoms with van der Waals surface area (Å²) in [4.78, 5) is 52.0. The average molecular weight is 423 g/mol. The Morgan fingerprint density at radius 3 is 2.52 bits per heavy atom. The van der Waals surface area contributed by atoms with Crippen LogP contribution in [0.4, 0.5) is 17.2 Å². The van der Waals surface area contributed by atoms with E-state index >= 15 is 0 Å². The monoisotopic (exact) mass is 423 g/mol. The first-order valence-corrected chi connectivity index (χ1v) is 9.56. The van der Waals surface area contributed by atoms with Crippen LogP contribution in [0.3, 0.4) is 0 Å². The Morgan fingerprint density at radius 1 is 1.16 bits per heavy atom. The van der Waals surface area contributed by atoms with Gasteiger partial charge in [-0.05, 0) is 18.1 Å². The van der Waals surface area contributed by atoms with E-state index in [4.69, 9.17) is 5.73 Å². The lowest BCUT2D eigenvalue weighted by Gasteiger charge is -2.24. The van der Waals surface area contributed by atoms with Gasteiger partial charge in [-0.15, -0.1) is 0 Å². The molecule has 0 radical (unpaired) electrons. The minimum Gasteiger partial charge on any atom is -0.383 e. The van der Waals surface area contributed by atoms with Crippen molar-refractivity contribution in [1.82, 2.24) is 9.55 Å². The lowest BCUT2D eigenvalue weighted by molar-refractivity contribution is -0.384. The van der Waals surface area contributed by atoms with Gasteiger partial charge in [0.2, 0.25) is 0 Å². The molecule has 3 rings (SSSR count). The van der Waals surface area contributed by atoms with Crippen LogP contribution in [0.2, 0.25) is 0 Å². The molecule has 0 unspecified atom stereocenters. The number of H-pyrrole nitrogens is 1. The van der Waals surface area contributed by atoms with Gasteiger partial charge >= 0.3 is 5.69 Å². The molecule has 3 aromatic rings. The highest BCUT2D eigenvalue weighted by atomic mass is 16.6. The molecular formula is C21H21N5O5. The predicted octanol–water partition coefficient (Wildman–Crippen LogP) is 2.13. The van der Waals surface area contributed by atoms with Crippen LogP contribution < -0.4 is 21.9 Å². The number of carbonyl (C=O) groups is 1. The number of nitro benzene ring substituents is 1. The van der Waals surface area contributed by atoms with Crippen molar-refractivity contribution in [3.63, 3.8) is 0 Å². The number of nitro groups is 1. The van der Waals surface area contributed by atoms with Crippen molar-refractivity contribution in [1.29, 1.82) is 0 Å². The SMILES string of the molecule is CCCN(C(=O)c1cccc([N+](=O)[O-])c1)c1c(N)n(Cc2ccccc2)c(=O)[nH]c1=O. The summed E-state index contributed by atoms with van der Waals surface area (Å²) in [6.07, 6.45) is 0.483. The summed E-state index contributed by atoms with van der Waals surface area (Å²) >= 11 is 0. The van der Waals surface area contributed by atoms with Crippen LogP contribution in [0.25, 0.3) is 0 Å². The van der Waals surface area contributed by atoms with Gasteiger partial charge in [0.1, 0.15) is 5.82 Å². The van der Waals surface area contributed by atoms with Crippen molar-refractivity contribution in [2.24, 2.45) is 0 Å². The van der Waals surface area contributed by atoms with Gasteiger partial charge in [-0.3, -0.25) is 29.3 Å². The third kappa shape index (κ3) is 4.53. The van der Waals surface area contributed by atoms with Crippen LogP contribution in [0, 0.1) is 10.1 Å². The van der Waals surface area contributed by atoms with E-state index in [2.05, 4.69) is 4.98 Å². The second-order valence-corrected chi connectivity index (χ2v) is 6.83. The van der Waals surface area contributed by atoms with E-state index in [1.54, 1.807) is 31.2 Å². The van der Waals surface area contributed by atoms with Crippen LogP contribution in [-0.4, -0.2) is 26.9 Å². The predicted molar refractivity (Wildman–Crippen MR) is 116 cm³/mol. The normalized spacial score (nSPS) is 10.6. The fourth-order valence-electron chi connectivity index (χ4n) is 3.21. The highest BCUT2D eigenvalue weighted by Gasteiger charge is 2.25. The summed E-state index contributed by atoms with van der Waals surface area (Å²) < 4.78 is 1.18. The second-order valence-electron chi connectivity index (χ2n) is 6.83. The van der Waals surface area contributed by atoms with Gasteiger partial charge in [0, 0.05) is 24.2 Å². The highest BCUT2D eigenvalue weighted by molar-refractivity contribution is 6.07. The number of hydrogen-bond acceptors (Lipinski definition) is 6. The molecule has 10 nitrogen and oxygen atoms in total. The van der Waals surface area contributed by atoms with E-state index < -0.39 is 22.1 Å². The number of anilines is 2. The van der Waals surface area contributed by atoms with Crippen molar-refractivity contribution < 1.29 is 9.72 Å². The van der Waals surface area contributed by atoms with Crippen molar-refractivity contribution in [2.75, 3.05) is 17.2 Å². The molecule has 1 amide bonds. The number of hydrogen-bond donors (Lipinski definition) is 2. The molecule has 3 N–H and O–H groups in total. The third-order valence-electron chi connectivity index (χ3n) is 4.66. The molecule has 0 saturated heterocycles. The number of nitrogens with one attached hydrogen (secondary N) is 1. The Hall–Kier alpha value is -4.21. The first kappa shape index (κ1) is 21.5. The van der Waals surface area contributed by atoms with Crippen LogP contribution in [0.1, 0.15) is 29.3 Å². The molecule has 0 saturated carbocycles. The quantitative estimate of drug-likeness (QED) is 0.440. The summed E-state index contributed by atoms with van der Waals surface area (Å²) in [5, 5.41) is 11.1. The van der Waals surface area contributed by atoms with Crippen molar-refractivity contribution in [3.8, 4) is 0 Å². The number of rotatable bonds is 7. The number of nitrogens with zero attached hydrogens (tertiary/aromatic N) is 3. The van der Waals surface area contributed by atoms with E-state index in [-0.39, 0.29) is 35.8 Å². The fourth-order valence-corrected chi connectivity index (χ4v) is 3.21. The third-order valence-corrected chi connectivity index (χ3v) is 4.66. The maximum absolute atomic E-state index is 13.2. The van der Waals surface area contributed by atoms with Gasteiger partial charge in [0.25, 0.3) is 17.2 Å². The molecule has 10 heteroatoms. The van der Waals surface area contributed by atoms with Crippen LogP contribution >= 0.6 is 0 Å². The minimum atomic E-state index is -0.806. The van der Waals surface area contributed by atoms with Gasteiger partial charge in [-0.2, -0.15) is 0 Å². The Balaban J connectivity index is 2.11. The summed E-state index contributed by atoms with van der Waals surface area (Å²) in [6, 6.07) is 14.2. The largest absolute Gasteiger partial charge is 0.383 e. The molecule has 0 aliphatic carbocycles. The molecular weight excluding hydrogens is 402 g/mol. The number of aromatic nitrogens is 2. The summed E-state index contributed by atoms with van der Waals surface area (Å²) in [5.74, 6) is -0.794. The zero-order valence-electron chi connectivity index (χ0n) is 16.8. The molecule has 2 aromatic carbocycles. The van der Waals surface area contributed by atoms with E-state index in [9.17, 15) is 24.5 Å². The summed E-state index contributed by atoms with van der Waals surface area (Å²) in [5.41, 5.74) is 5.08. The van der Waals surface area contributed by atoms with E-state index in [1.165, 1.54) is 22.8 Å². The van der Waals surface area contributed by atoms with Crippen molar-refractivity contribution in [2.45, 2.75) is 19.9 Å². The maximum atomic E-state index is 13.2. The van der Waals surface area contributed by atoms with Gasteiger partial charge in [-0.25, -0.2) is 4.79 Å². The molecule has 0 spiro atoms. The number of aromatic amines is 1. The van der Waals surface area contributed by atoms with Crippen LogP contribution in [-0.2, 0) is 6.54 Å². The van der Waals surface area contributed by atoms with Crippen molar-refractivity contribution >= 4 is 23.1 Å². The smallest absolute Gasteiger partial charge is 0.330 e. The molecule has 160 valence electrons. The Kier molecular flexibility index (Phi) is 6.29. The van der Waals surface area contributed by atoms with E-state index in [0.717, 1.165) is 16.5 Å². The molecule has 0 aliphatic rings. The van der Waals surface area contributed by atoms with Crippen LogP contribution in [0.5, 0.6) is 0 Å².